The van der Waals surface area contributed by atoms with Crippen molar-refractivity contribution in [3.63, 3.8) is 0 Å². The van der Waals surface area contributed by atoms with Crippen LogP contribution in [0.1, 0.15) is 50.0 Å². The summed E-state index contributed by atoms with van der Waals surface area (Å²) < 4.78 is 14.1. The maximum atomic E-state index is 13.4. The van der Waals surface area contributed by atoms with Gasteiger partial charge in [-0.3, -0.25) is 4.79 Å². The second kappa shape index (κ2) is 10.4. The van der Waals surface area contributed by atoms with E-state index in [9.17, 15) is 4.79 Å². The summed E-state index contributed by atoms with van der Waals surface area (Å²) in [5.41, 5.74) is 2.07. The molecular weight excluding hydrogens is 536 g/mol. The van der Waals surface area contributed by atoms with Crippen LogP contribution >= 0.6 is 22.9 Å². The summed E-state index contributed by atoms with van der Waals surface area (Å²) in [7, 11) is -0.411. The number of carbonyl (C=O) groups is 1. The third-order valence-corrected chi connectivity index (χ3v) is 12.8. The summed E-state index contributed by atoms with van der Waals surface area (Å²) >= 11 is 7.80. The number of rotatable bonds is 8. The van der Waals surface area contributed by atoms with Crippen molar-refractivity contribution in [2.75, 3.05) is 12.4 Å². The lowest BCUT2D eigenvalue weighted by Gasteiger charge is -2.42. The van der Waals surface area contributed by atoms with Gasteiger partial charge in [0.1, 0.15) is 16.4 Å². The van der Waals surface area contributed by atoms with E-state index in [0.29, 0.717) is 39.0 Å². The first kappa shape index (κ1) is 28.3. The van der Waals surface area contributed by atoms with Crippen LogP contribution in [-0.2, 0) is 10.8 Å². The molecule has 10 heteroatoms. The maximum Gasteiger partial charge on any atom is 0.260 e. The van der Waals surface area contributed by atoms with E-state index in [1.54, 1.807) is 30.0 Å². The van der Waals surface area contributed by atoms with Crippen molar-refractivity contribution in [1.29, 1.82) is 0 Å². The minimum Gasteiger partial charge on any atom is -0.496 e. The van der Waals surface area contributed by atoms with Crippen molar-refractivity contribution >= 4 is 47.7 Å². The minimum absolute atomic E-state index is 0.0833. The predicted octanol–water partition coefficient (Wildman–Crippen LogP) is 7.72. The van der Waals surface area contributed by atoms with E-state index in [1.165, 1.54) is 11.3 Å². The molecule has 0 aliphatic rings. The van der Waals surface area contributed by atoms with E-state index < -0.39 is 13.9 Å². The molecule has 0 unspecified atom stereocenters. The number of fused-ring (bicyclic) bond motifs is 1. The number of hydrogen-bond donors (Lipinski definition) is 1. The first-order valence-corrected chi connectivity index (χ1v) is 16.6. The molecule has 0 saturated heterocycles. The van der Waals surface area contributed by atoms with Gasteiger partial charge < -0.3 is 14.5 Å². The Hall–Kier alpha value is -2.72. The molecule has 1 N–H and O–H groups in total. The van der Waals surface area contributed by atoms with Crippen LogP contribution in [0.2, 0.25) is 23.2 Å². The molecule has 202 valence electrons. The Kier molecular flexibility index (Phi) is 7.78. The molecule has 0 saturated carbocycles. The molecule has 0 aliphatic carbocycles. The molecule has 0 atom stereocenters. The van der Waals surface area contributed by atoms with Gasteiger partial charge in [-0.25, -0.2) is 9.50 Å². The molecule has 4 rings (SSSR count). The highest BCUT2D eigenvalue weighted by Crippen LogP contribution is 2.43. The van der Waals surface area contributed by atoms with Gasteiger partial charge in [0.15, 0.2) is 8.32 Å². The van der Waals surface area contributed by atoms with Gasteiger partial charge in [0.25, 0.3) is 5.91 Å². The maximum absolute atomic E-state index is 13.4. The molecule has 1 aromatic carbocycles. The highest BCUT2D eigenvalue weighted by molar-refractivity contribution is 7.16. The Bertz CT molecular complexity index is 1470. The molecule has 0 aliphatic heterocycles. The van der Waals surface area contributed by atoms with E-state index in [1.807, 2.05) is 30.5 Å². The average molecular weight is 571 g/mol. The largest absolute Gasteiger partial charge is 0.496 e. The smallest absolute Gasteiger partial charge is 0.260 e. The van der Waals surface area contributed by atoms with Gasteiger partial charge in [-0.15, -0.1) is 11.3 Å². The van der Waals surface area contributed by atoms with Gasteiger partial charge >= 0.3 is 0 Å². The van der Waals surface area contributed by atoms with Gasteiger partial charge in [-0.1, -0.05) is 38.4 Å². The first-order valence-electron chi connectivity index (χ1n) is 12.5. The monoisotopic (exact) mass is 570 g/mol. The van der Waals surface area contributed by atoms with Crippen LogP contribution in [0.5, 0.6) is 5.75 Å². The number of thiazole rings is 1. The second-order valence-corrected chi connectivity index (χ2v) is 17.7. The van der Waals surface area contributed by atoms with Gasteiger partial charge in [0, 0.05) is 23.2 Å². The normalized spacial score (nSPS) is 12.7. The minimum atomic E-state index is -2.02. The quantitative estimate of drug-likeness (QED) is 0.219. The molecule has 3 heterocycles. The SMILES string of the molecule is COc1ccc(Cl)cc1-c1nc(CC(C)(C)O[Si](C)(C)C(C)(C)C)sc1NC(=O)c1cnn2ccccc12. The standard InChI is InChI=1S/C28H35ClN4O3SSi/c1-27(2,3)38(7,8)36-28(4,5)16-23-31-24(19-15-18(29)12-13-22(19)35-6)26(37-23)32-25(34)20-17-30-33-14-10-9-11-21(20)33/h9-15,17H,16H2,1-8H3,(H,32,34). The Balaban J connectivity index is 1.73. The van der Waals surface area contributed by atoms with E-state index in [-0.39, 0.29) is 10.9 Å². The molecule has 7 nitrogen and oxygen atoms in total. The lowest BCUT2D eigenvalue weighted by molar-refractivity contribution is 0.0919. The zero-order valence-electron chi connectivity index (χ0n) is 23.2. The summed E-state index contributed by atoms with van der Waals surface area (Å²) in [5, 5.41) is 9.49. The van der Waals surface area contributed by atoms with Crippen LogP contribution in [0.4, 0.5) is 5.00 Å². The zero-order chi connectivity index (χ0) is 27.9. The van der Waals surface area contributed by atoms with Gasteiger partial charge in [-0.05, 0) is 62.3 Å². The number of methoxy groups -OCH3 is 1. The topological polar surface area (TPSA) is 77.8 Å². The Labute approximate surface area is 234 Å². The van der Waals surface area contributed by atoms with Crippen LogP contribution in [0.3, 0.4) is 0 Å². The number of anilines is 1. The number of amides is 1. The van der Waals surface area contributed by atoms with Crippen molar-refractivity contribution in [1.82, 2.24) is 14.6 Å². The molecule has 4 aromatic rings. The molecule has 0 bridgehead atoms. The fraction of sp³-hybridized carbons (Fsp3) is 0.393. The van der Waals surface area contributed by atoms with E-state index >= 15 is 0 Å². The number of nitrogens with zero attached hydrogens (tertiary/aromatic N) is 3. The fourth-order valence-electron chi connectivity index (χ4n) is 4.10. The van der Waals surface area contributed by atoms with Crippen molar-refractivity contribution in [2.45, 2.75) is 64.8 Å². The Morgan fingerprint density at radius 1 is 1.16 bits per heavy atom. The summed E-state index contributed by atoms with van der Waals surface area (Å²) in [6, 6.07) is 11.0. The fourth-order valence-corrected chi connectivity index (χ4v) is 7.22. The molecule has 0 fully saturated rings. The molecule has 3 aromatic heterocycles. The van der Waals surface area contributed by atoms with Crippen molar-refractivity contribution in [3.8, 4) is 17.0 Å². The number of ether oxygens (including phenoxy) is 1. The third kappa shape index (κ3) is 5.96. The van der Waals surface area contributed by atoms with E-state index in [2.05, 4.69) is 58.1 Å². The Morgan fingerprint density at radius 2 is 1.89 bits per heavy atom. The number of carbonyl (C=O) groups excluding carboxylic acids is 1. The number of halogens is 1. The van der Waals surface area contributed by atoms with Crippen LogP contribution in [0.25, 0.3) is 16.8 Å². The van der Waals surface area contributed by atoms with E-state index in [4.69, 9.17) is 25.7 Å². The number of nitrogens with one attached hydrogen (secondary N) is 1. The van der Waals surface area contributed by atoms with Crippen molar-refractivity contribution in [2.24, 2.45) is 0 Å². The highest BCUT2D eigenvalue weighted by atomic mass is 35.5. The summed E-state index contributed by atoms with van der Waals surface area (Å²) in [6.07, 6.45) is 3.97. The average Bonchev–Trinajstić information content (AvgIpc) is 3.41. The number of benzene rings is 1. The molecule has 38 heavy (non-hydrogen) atoms. The number of pyridine rings is 1. The summed E-state index contributed by atoms with van der Waals surface area (Å²) in [6.45, 7) is 15.4. The lowest BCUT2D eigenvalue weighted by atomic mass is 10.1. The summed E-state index contributed by atoms with van der Waals surface area (Å²) in [4.78, 5) is 18.4. The van der Waals surface area contributed by atoms with Gasteiger partial charge in [-0.2, -0.15) is 5.10 Å². The number of hydrogen-bond acceptors (Lipinski definition) is 6. The van der Waals surface area contributed by atoms with Crippen LogP contribution in [0, 0.1) is 0 Å². The zero-order valence-corrected chi connectivity index (χ0v) is 25.8. The molecule has 0 spiro atoms. The highest BCUT2D eigenvalue weighted by Gasteiger charge is 2.41. The third-order valence-electron chi connectivity index (χ3n) is 6.90. The van der Waals surface area contributed by atoms with Crippen LogP contribution < -0.4 is 10.1 Å². The van der Waals surface area contributed by atoms with Gasteiger partial charge in [0.2, 0.25) is 0 Å². The summed E-state index contributed by atoms with van der Waals surface area (Å²) in [5.74, 6) is 0.356. The van der Waals surface area contributed by atoms with Crippen molar-refractivity contribution in [3.05, 3.63) is 64.4 Å². The second-order valence-electron chi connectivity index (χ2n) is 11.5. The van der Waals surface area contributed by atoms with Gasteiger partial charge in [0.05, 0.1) is 35.0 Å². The molecule has 1 amide bonds. The first-order chi connectivity index (χ1) is 17.7. The predicted molar refractivity (Wildman–Crippen MR) is 158 cm³/mol. The Morgan fingerprint density at radius 3 is 2.58 bits per heavy atom. The van der Waals surface area contributed by atoms with Crippen molar-refractivity contribution < 1.29 is 14.0 Å². The molecule has 0 radical (unpaired) electrons. The molecular formula is C28H35ClN4O3SSi. The lowest BCUT2D eigenvalue weighted by Crippen LogP contribution is -2.48. The number of aromatic nitrogens is 3. The van der Waals surface area contributed by atoms with E-state index in [0.717, 1.165) is 10.5 Å². The van der Waals surface area contributed by atoms with Crippen LogP contribution in [-0.4, -0.2) is 41.5 Å². The van der Waals surface area contributed by atoms with Crippen LogP contribution in [0.15, 0.2) is 48.8 Å².